The third-order valence-electron chi connectivity index (χ3n) is 10.8. The number of aromatic hydroxyl groups is 2. The first-order chi connectivity index (χ1) is 28.3. The van der Waals surface area contributed by atoms with Crippen molar-refractivity contribution in [1.82, 2.24) is 0 Å². The third kappa shape index (κ3) is 19.8. The summed E-state index contributed by atoms with van der Waals surface area (Å²) < 4.78 is 1.57. The van der Waals surface area contributed by atoms with E-state index < -0.39 is 0 Å². The molecule has 0 fully saturated rings. The van der Waals surface area contributed by atoms with Crippen LogP contribution in [0.2, 0.25) is 0 Å². The molecule has 4 nitrogen and oxygen atoms in total. The van der Waals surface area contributed by atoms with Crippen LogP contribution < -0.4 is 0 Å². The van der Waals surface area contributed by atoms with Gasteiger partial charge in [0.05, 0.1) is 0 Å². The number of aryl methyl sites for hydroxylation is 4. The van der Waals surface area contributed by atoms with E-state index in [0.717, 1.165) is 43.5 Å². The zero-order valence-electron chi connectivity index (χ0n) is 37.3. The number of hydrogen-bond acceptors (Lipinski definition) is 2. The standard InChI is InChI=1S/C42H64N2.2C6H6O.Ni/c1-6-11-16-17-18-21-26-38-33-41(39-29-34(22-14-9-4)27-36(30-39)24-19-12-7-2)44(43)42(38)40-31-35(23-15-10-5)28-37(32-40)25-20-13-8-3;2*7-6-4-2-1-3-5-6;/h27-33H,6-26H2,1-5H3;2*1-5,7H;. The van der Waals surface area contributed by atoms with Crippen LogP contribution in [-0.4, -0.2) is 14.9 Å². The van der Waals surface area contributed by atoms with Gasteiger partial charge in [-0.2, -0.15) is 0 Å². The zero-order valence-corrected chi connectivity index (χ0v) is 38.3. The van der Waals surface area contributed by atoms with Crippen LogP contribution >= 0.6 is 0 Å². The molecule has 0 saturated carbocycles. The van der Waals surface area contributed by atoms with Crippen molar-refractivity contribution in [3.63, 3.8) is 0 Å². The molecule has 1 aliphatic rings. The number of hydrogen-bond donors (Lipinski definition) is 2. The molecule has 5 heteroatoms. The second kappa shape index (κ2) is 31.0. The van der Waals surface area contributed by atoms with Gasteiger partial charge in [-0.15, -0.1) is 0 Å². The number of rotatable bonds is 23. The molecule has 324 valence electrons. The molecule has 0 atom stereocenters. The molecule has 2 N–H and O–H groups in total. The first-order valence-electron chi connectivity index (χ1n) is 23.0. The average molecular weight is 844 g/mol. The van der Waals surface area contributed by atoms with Gasteiger partial charge in [-0.1, -0.05) is 154 Å². The van der Waals surface area contributed by atoms with Gasteiger partial charge in [-0.25, -0.2) is 4.70 Å². The van der Waals surface area contributed by atoms with E-state index in [2.05, 4.69) is 77.1 Å². The molecule has 0 amide bonds. The molecule has 0 saturated heterocycles. The summed E-state index contributed by atoms with van der Waals surface area (Å²) in [5.41, 5.74) is 23.4. The molecule has 4 aromatic rings. The van der Waals surface area contributed by atoms with Crippen LogP contribution in [0.5, 0.6) is 11.5 Å². The van der Waals surface area contributed by atoms with Crippen LogP contribution in [0.1, 0.15) is 177 Å². The predicted molar refractivity (Wildman–Crippen MR) is 249 cm³/mol. The molecule has 1 heterocycles. The van der Waals surface area contributed by atoms with E-state index in [-0.39, 0.29) is 16.5 Å². The fourth-order valence-corrected chi connectivity index (χ4v) is 7.51. The number of para-hydroxylation sites is 2. The second-order valence-corrected chi connectivity index (χ2v) is 16.1. The van der Waals surface area contributed by atoms with Crippen LogP contribution in [0.4, 0.5) is 0 Å². The van der Waals surface area contributed by atoms with Crippen LogP contribution in [0.25, 0.3) is 16.9 Å². The first kappa shape index (κ1) is 51.2. The number of phenols is 2. The topological polar surface area (TPSA) is 65.8 Å². The number of phenolic OH excluding ortho intramolecular Hbond substituents is 2. The molecule has 5 rings (SSSR count). The Kier molecular flexibility index (Phi) is 26.9. The van der Waals surface area contributed by atoms with Crippen LogP contribution in [0.3, 0.4) is 0 Å². The maximum absolute atomic E-state index is 12.0. The molecular formula is C54H76N2NiO2. The van der Waals surface area contributed by atoms with Crippen molar-refractivity contribution in [3.05, 3.63) is 148 Å². The maximum atomic E-state index is 12.0. The second-order valence-electron chi connectivity index (χ2n) is 16.1. The quantitative estimate of drug-likeness (QED) is 0.0444. The Bertz CT molecular complexity index is 1760. The third-order valence-corrected chi connectivity index (χ3v) is 10.8. The molecule has 0 aromatic heterocycles. The Balaban J connectivity index is 0.000000667. The van der Waals surface area contributed by atoms with Crippen LogP contribution in [0.15, 0.2) is 109 Å². The summed E-state index contributed by atoms with van der Waals surface area (Å²) >= 11 is 0. The van der Waals surface area contributed by atoms with Gasteiger partial charge in [0.15, 0.2) is 0 Å². The van der Waals surface area contributed by atoms with Gasteiger partial charge in [-0.05, 0) is 135 Å². The maximum Gasteiger partial charge on any atom is 0.210 e. The largest absolute Gasteiger partial charge is 0.508 e. The fourth-order valence-electron chi connectivity index (χ4n) is 7.51. The molecule has 0 bridgehead atoms. The number of benzene rings is 4. The summed E-state index contributed by atoms with van der Waals surface area (Å²) in [5, 5.41) is 17.3. The number of unbranched alkanes of at least 4 members (excludes halogenated alkanes) is 11. The van der Waals surface area contributed by atoms with Gasteiger partial charge in [-0.3, -0.25) is 0 Å². The van der Waals surface area contributed by atoms with E-state index in [0.29, 0.717) is 11.5 Å². The van der Waals surface area contributed by atoms with Crippen molar-refractivity contribution < 1.29 is 31.4 Å². The van der Waals surface area contributed by atoms with E-state index >= 15 is 0 Å². The Hall–Kier alpha value is -3.95. The van der Waals surface area contributed by atoms with Gasteiger partial charge in [0, 0.05) is 39.3 Å². The van der Waals surface area contributed by atoms with Crippen molar-refractivity contribution in [1.29, 1.82) is 0 Å². The SMILES string of the molecule is CCCCCCCCC1=C(c2cc(CCCC)cc(CCCCC)c2)[N+](=[N-])C(c2cc(CCCC)cc(CCCCC)c2)=C1.Oc1ccccc1.Oc1ccccc1.[Ni]. The van der Waals surface area contributed by atoms with E-state index in [1.54, 1.807) is 53.2 Å². The van der Waals surface area contributed by atoms with Gasteiger partial charge in [0.1, 0.15) is 11.5 Å². The van der Waals surface area contributed by atoms with Crippen molar-refractivity contribution in [3.8, 4) is 11.5 Å². The molecule has 0 spiro atoms. The summed E-state index contributed by atoms with van der Waals surface area (Å²) in [4.78, 5) is 0. The van der Waals surface area contributed by atoms with Crippen molar-refractivity contribution in [2.75, 3.05) is 0 Å². The smallest absolute Gasteiger partial charge is 0.210 e. The summed E-state index contributed by atoms with van der Waals surface area (Å²) in [6, 6.07) is 31.8. The minimum absolute atomic E-state index is 0. The zero-order chi connectivity index (χ0) is 41.8. The first-order valence-corrected chi connectivity index (χ1v) is 23.0. The summed E-state index contributed by atoms with van der Waals surface area (Å²) in [5.74, 6) is 0.644. The molecule has 0 unspecified atom stereocenters. The van der Waals surface area contributed by atoms with Crippen LogP contribution in [0, 0.1) is 0 Å². The minimum atomic E-state index is 0. The van der Waals surface area contributed by atoms with Crippen molar-refractivity contribution in [2.24, 2.45) is 0 Å². The fraction of sp³-hybridized carbons (Fsp3) is 0.481. The Morgan fingerprint density at radius 3 is 1.19 bits per heavy atom. The monoisotopic (exact) mass is 843 g/mol. The van der Waals surface area contributed by atoms with Gasteiger partial charge in [0.2, 0.25) is 11.4 Å². The van der Waals surface area contributed by atoms with E-state index in [1.165, 1.54) is 142 Å². The average Bonchev–Trinajstić information content (AvgIpc) is 3.57. The summed E-state index contributed by atoms with van der Waals surface area (Å²) in [6.45, 7) is 11.4. The number of nitrogens with zero attached hydrogens (tertiary/aromatic N) is 2. The van der Waals surface area contributed by atoms with Crippen LogP contribution in [-0.2, 0) is 42.2 Å². The molecule has 0 radical (unpaired) electrons. The molecular weight excluding hydrogens is 767 g/mol. The van der Waals surface area contributed by atoms with E-state index in [9.17, 15) is 5.53 Å². The minimum Gasteiger partial charge on any atom is -0.508 e. The Labute approximate surface area is 369 Å². The van der Waals surface area contributed by atoms with Gasteiger partial charge >= 0.3 is 0 Å². The van der Waals surface area contributed by atoms with Gasteiger partial charge in [0.25, 0.3) is 0 Å². The van der Waals surface area contributed by atoms with Crippen molar-refractivity contribution >= 4 is 11.4 Å². The normalized spacial score (nSPS) is 11.9. The van der Waals surface area contributed by atoms with E-state index in [1.807, 2.05) is 12.1 Å². The Morgan fingerprint density at radius 2 is 0.780 bits per heavy atom. The molecule has 1 aliphatic heterocycles. The summed E-state index contributed by atoms with van der Waals surface area (Å²) in [6.07, 6.45) is 27.8. The predicted octanol–water partition coefficient (Wildman–Crippen LogP) is 16.2. The summed E-state index contributed by atoms with van der Waals surface area (Å²) in [7, 11) is 0. The number of allylic oxidation sites excluding steroid dienone is 2. The Morgan fingerprint density at radius 1 is 0.424 bits per heavy atom. The molecule has 0 aliphatic carbocycles. The molecule has 4 aromatic carbocycles. The van der Waals surface area contributed by atoms with E-state index in [4.69, 9.17) is 10.2 Å². The molecule has 59 heavy (non-hydrogen) atoms. The van der Waals surface area contributed by atoms with Crippen molar-refractivity contribution in [2.45, 2.75) is 169 Å². The van der Waals surface area contributed by atoms with Gasteiger partial charge < -0.3 is 15.7 Å².